The number of aryl methyl sites for hydroxylation is 2. The van der Waals surface area contributed by atoms with Crippen LogP contribution in [0.2, 0.25) is 0 Å². The highest BCUT2D eigenvalue weighted by atomic mass is 16.5. The highest BCUT2D eigenvalue weighted by molar-refractivity contribution is 5.95. The Balaban J connectivity index is 1.41. The number of ether oxygens (including phenoxy) is 1. The fourth-order valence-electron chi connectivity index (χ4n) is 4.59. The smallest absolute Gasteiger partial charge is 0.343 e. The van der Waals surface area contributed by atoms with E-state index in [4.69, 9.17) is 14.7 Å². The lowest BCUT2D eigenvalue weighted by Gasteiger charge is -2.33. The number of carbonyl (C=O) groups is 1. The quantitative estimate of drug-likeness (QED) is 0.417. The summed E-state index contributed by atoms with van der Waals surface area (Å²) >= 11 is 0. The normalized spacial score (nSPS) is 14.5. The summed E-state index contributed by atoms with van der Waals surface area (Å²) in [5.41, 5.74) is 5.79. The van der Waals surface area contributed by atoms with Gasteiger partial charge in [0.1, 0.15) is 17.2 Å². The van der Waals surface area contributed by atoms with Crippen LogP contribution in [0.15, 0.2) is 48.7 Å². The molecule has 34 heavy (non-hydrogen) atoms. The van der Waals surface area contributed by atoms with E-state index >= 15 is 0 Å². The maximum absolute atomic E-state index is 12.7. The van der Waals surface area contributed by atoms with Crippen molar-refractivity contribution >= 4 is 22.8 Å². The van der Waals surface area contributed by atoms with Crippen LogP contribution >= 0.6 is 0 Å². The average Bonchev–Trinajstić information content (AvgIpc) is 3.27. The standard InChI is InChI=1S/C27H29N5O2/c1-4-34-27(33)21-16-28-24(20-7-5-6-17(2)14-20)31-26(21)32-12-10-19(11-13-32)25-29-22-9-8-18(3)15-23(22)30-25/h5-9,14-16,19H,4,10-13H2,1-3H3,(H,29,30). The zero-order valence-corrected chi connectivity index (χ0v) is 19.8. The predicted octanol–water partition coefficient (Wildman–Crippen LogP) is 5.20. The van der Waals surface area contributed by atoms with Crippen molar-refractivity contribution in [1.29, 1.82) is 0 Å². The minimum Gasteiger partial charge on any atom is -0.462 e. The summed E-state index contributed by atoms with van der Waals surface area (Å²) < 4.78 is 5.30. The zero-order chi connectivity index (χ0) is 23.7. The number of H-pyrrole nitrogens is 1. The summed E-state index contributed by atoms with van der Waals surface area (Å²) in [6.45, 7) is 7.80. The van der Waals surface area contributed by atoms with E-state index in [9.17, 15) is 4.79 Å². The van der Waals surface area contributed by atoms with Crippen LogP contribution in [-0.2, 0) is 4.74 Å². The number of nitrogens with one attached hydrogen (secondary N) is 1. The van der Waals surface area contributed by atoms with Crippen molar-refractivity contribution < 1.29 is 9.53 Å². The number of hydrogen-bond donors (Lipinski definition) is 1. The van der Waals surface area contributed by atoms with Crippen LogP contribution in [0.25, 0.3) is 22.4 Å². The number of aromatic amines is 1. The van der Waals surface area contributed by atoms with E-state index in [0.29, 0.717) is 29.7 Å². The zero-order valence-electron chi connectivity index (χ0n) is 19.8. The number of piperidine rings is 1. The van der Waals surface area contributed by atoms with Crippen LogP contribution in [0.5, 0.6) is 0 Å². The molecule has 0 unspecified atom stereocenters. The number of carbonyl (C=O) groups excluding carboxylic acids is 1. The van der Waals surface area contributed by atoms with Gasteiger partial charge in [-0.05, 0) is 57.4 Å². The van der Waals surface area contributed by atoms with E-state index in [1.54, 1.807) is 13.1 Å². The van der Waals surface area contributed by atoms with Gasteiger partial charge < -0.3 is 14.6 Å². The number of benzene rings is 2. The first-order chi connectivity index (χ1) is 16.5. The first-order valence-electron chi connectivity index (χ1n) is 11.8. The highest BCUT2D eigenvalue weighted by Crippen LogP contribution is 2.32. The van der Waals surface area contributed by atoms with Gasteiger partial charge in [0, 0.05) is 30.8 Å². The fourth-order valence-corrected chi connectivity index (χ4v) is 4.59. The molecule has 3 heterocycles. The lowest BCUT2D eigenvalue weighted by atomic mass is 9.96. The Labute approximate surface area is 199 Å². The summed E-state index contributed by atoms with van der Waals surface area (Å²) in [5, 5.41) is 0. The molecule has 2 aromatic carbocycles. The monoisotopic (exact) mass is 455 g/mol. The second-order valence-corrected chi connectivity index (χ2v) is 8.92. The third-order valence-electron chi connectivity index (χ3n) is 6.38. The molecule has 0 spiro atoms. The van der Waals surface area contributed by atoms with Crippen LogP contribution in [-0.4, -0.2) is 45.6 Å². The molecule has 174 valence electrons. The van der Waals surface area contributed by atoms with E-state index < -0.39 is 0 Å². The fraction of sp³-hybridized carbons (Fsp3) is 0.333. The SMILES string of the molecule is CCOC(=O)c1cnc(-c2cccc(C)c2)nc1N1CCC(c2nc3ccc(C)cc3[nH]2)CC1. The van der Waals surface area contributed by atoms with Crippen molar-refractivity contribution in [3.8, 4) is 11.4 Å². The van der Waals surface area contributed by atoms with Gasteiger partial charge in [0.2, 0.25) is 0 Å². The molecule has 7 heteroatoms. The van der Waals surface area contributed by atoms with Gasteiger partial charge in [-0.3, -0.25) is 0 Å². The number of imidazole rings is 1. The van der Waals surface area contributed by atoms with Gasteiger partial charge in [0.15, 0.2) is 5.82 Å². The Morgan fingerprint density at radius 1 is 1.09 bits per heavy atom. The number of aromatic nitrogens is 4. The molecule has 1 N–H and O–H groups in total. The number of rotatable bonds is 5. The maximum atomic E-state index is 12.7. The summed E-state index contributed by atoms with van der Waals surface area (Å²) in [6.07, 6.45) is 3.45. The Kier molecular flexibility index (Phi) is 6.01. The van der Waals surface area contributed by atoms with E-state index in [0.717, 1.165) is 53.9 Å². The molecule has 0 atom stereocenters. The molecule has 1 aliphatic rings. The second kappa shape index (κ2) is 9.25. The molecule has 1 aliphatic heterocycles. The van der Waals surface area contributed by atoms with E-state index in [1.165, 1.54) is 5.56 Å². The minimum atomic E-state index is -0.386. The molecule has 1 saturated heterocycles. The molecule has 1 fully saturated rings. The number of nitrogens with zero attached hydrogens (tertiary/aromatic N) is 4. The summed E-state index contributed by atoms with van der Waals surface area (Å²) in [5.74, 6) is 2.25. The van der Waals surface area contributed by atoms with Gasteiger partial charge in [-0.1, -0.05) is 29.8 Å². The number of hydrogen-bond acceptors (Lipinski definition) is 6. The number of anilines is 1. The van der Waals surface area contributed by atoms with Gasteiger partial charge in [0.25, 0.3) is 0 Å². The molecule has 5 rings (SSSR count). The van der Waals surface area contributed by atoms with Gasteiger partial charge in [-0.25, -0.2) is 19.7 Å². The van der Waals surface area contributed by atoms with Crippen molar-refractivity contribution in [2.75, 3.05) is 24.6 Å². The molecule has 0 aliphatic carbocycles. The number of esters is 1. The average molecular weight is 456 g/mol. The first-order valence-corrected chi connectivity index (χ1v) is 11.8. The van der Waals surface area contributed by atoms with Gasteiger partial charge >= 0.3 is 5.97 Å². The third-order valence-corrected chi connectivity index (χ3v) is 6.38. The summed E-state index contributed by atoms with van der Waals surface area (Å²) in [4.78, 5) is 32.5. The van der Waals surface area contributed by atoms with Gasteiger partial charge in [0.05, 0.1) is 17.6 Å². The van der Waals surface area contributed by atoms with Gasteiger partial charge in [-0.15, -0.1) is 0 Å². The molecular formula is C27H29N5O2. The third kappa shape index (κ3) is 4.38. The van der Waals surface area contributed by atoms with E-state index in [-0.39, 0.29) is 5.97 Å². The lowest BCUT2D eigenvalue weighted by Crippen LogP contribution is -2.35. The van der Waals surface area contributed by atoms with Crippen LogP contribution in [0.1, 0.15) is 53.0 Å². The molecule has 7 nitrogen and oxygen atoms in total. The van der Waals surface area contributed by atoms with Crippen molar-refractivity contribution in [1.82, 2.24) is 19.9 Å². The first kappa shape index (κ1) is 22.1. The minimum absolute atomic E-state index is 0.311. The van der Waals surface area contributed by atoms with Crippen LogP contribution in [0.4, 0.5) is 5.82 Å². The summed E-state index contributed by atoms with van der Waals surface area (Å²) in [7, 11) is 0. The molecule has 0 bridgehead atoms. The molecule has 2 aromatic heterocycles. The van der Waals surface area contributed by atoms with E-state index in [2.05, 4.69) is 46.1 Å². The Morgan fingerprint density at radius 2 is 1.88 bits per heavy atom. The number of fused-ring (bicyclic) bond motifs is 1. The van der Waals surface area contributed by atoms with Crippen molar-refractivity contribution in [2.24, 2.45) is 0 Å². The van der Waals surface area contributed by atoms with E-state index in [1.807, 2.05) is 25.1 Å². The lowest BCUT2D eigenvalue weighted by molar-refractivity contribution is 0.0526. The van der Waals surface area contributed by atoms with Crippen molar-refractivity contribution in [3.05, 3.63) is 71.2 Å². The molecular weight excluding hydrogens is 426 g/mol. The molecule has 0 radical (unpaired) electrons. The van der Waals surface area contributed by atoms with Gasteiger partial charge in [-0.2, -0.15) is 0 Å². The molecule has 0 amide bonds. The Hall–Kier alpha value is -3.74. The Morgan fingerprint density at radius 3 is 2.65 bits per heavy atom. The van der Waals surface area contributed by atoms with Crippen LogP contribution in [0, 0.1) is 13.8 Å². The van der Waals surface area contributed by atoms with Crippen LogP contribution < -0.4 is 4.90 Å². The topological polar surface area (TPSA) is 84.0 Å². The van der Waals surface area contributed by atoms with Crippen LogP contribution in [0.3, 0.4) is 0 Å². The predicted molar refractivity (Wildman–Crippen MR) is 133 cm³/mol. The summed E-state index contributed by atoms with van der Waals surface area (Å²) in [6, 6.07) is 14.4. The maximum Gasteiger partial charge on any atom is 0.343 e. The second-order valence-electron chi connectivity index (χ2n) is 8.92. The molecule has 0 saturated carbocycles. The Bertz CT molecular complexity index is 1340. The van der Waals surface area contributed by atoms with Crippen molar-refractivity contribution in [2.45, 2.75) is 39.5 Å². The molecule has 4 aromatic rings. The van der Waals surface area contributed by atoms with Crippen molar-refractivity contribution in [3.63, 3.8) is 0 Å². The largest absolute Gasteiger partial charge is 0.462 e. The highest BCUT2D eigenvalue weighted by Gasteiger charge is 2.28.